The molecule has 0 spiro atoms. The number of rotatable bonds is 9. The van der Waals surface area contributed by atoms with Gasteiger partial charge in [-0.25, -0.2) is 0 Å². The van der Waals surface area contributed by atoms with Crippen molar-refractivity contribution in [2.24, 2.45) is 4.99 Å². The molecule has 1 atom stereocenters. The molecule has 1 rings (SSSR count). The van der Waals surface area contributed by atoms with Gasteiger partial charge in [-0.3, -0.25) is 4.99 Å². The van der Waals surface area contributed by atoms with Crippen molar-refractivity contribution in [1.29, 1.82) is 0 Å². The van der Waals surface area contributed by atoms with Crippen molar-refractivity contribution in [2.75, 3.05) is 40.3 Å². The van der Waals surface area contributed by atoms with E-state index in [4.69, 9.17) is 4.99 Å². The smallest absolute Gasteiger partial charge is 0.193 e. The van der Waals surface area contributed by atoms with Crippen molar-refractivity contribution >= 4 is 5.96 Å². The highest BCUT2D eigenvalue weighted by Gasteiger charge is 2.20. The molecule has 0 aliphatic carbocycles. The maximum Gasteiger partial charge on any atom is 0.193 e. The number of aliphatic imine (C=N–C) groups is 1. The predicted octanol–water partition coefficient (Wildman–Crippen LogP) is 2.72. The molecule has 1 N–H and O–H groups in total. The van der Waals surface area contributed by atoms with Crippen LogP contribution < -0.4 is 5.32 Å². The molecule has 21 heavy (non-hydrogen) atoms. The Labute approximate surface area is 131 Å². The Hall–Kier alpha value is -1.03. The molecule has 1 saturated heterocycles. The molecule has 122 valence electrons. The number of hydrogen-bond acceptors (Lipinski definition) is 2. The Morgan fingerprint density at radius 2 is 2.24 bits per heavy atom. The van der Waals surface area contributed by atoms with Gasteiger partial charge in [-0.1, -0.05) is 12.5 Å². The molecule has 1 aliphatic heterocycles. The van der Waals surface area contributed by atoms with E-state index < -0.39 is 0 Å². The molecule has 0 aromatic rings. The van der Waals surface area contributed by atoms with Crippen molar-refractivity contribution in [3.63, 3.8) is 0 Å². The fourth-order valence-electron chi connectivity index (χ4n) is 2.79. The Bertz CT molecular complexity index is 314. The second kappa shape index (κ2) is 10.7. The highest BCUT2D eigenvalue weighted by molar-refractivity contribution is 5.79. The minimum Gasteiger partial charge on any atom is -0.357 e. The lowest BCUT2D eigenvalue weighted by molar-refractivity contribution is 0.316. The monoisotopic (exact) mass is 294 g/mol. The average molecular weight is 294 g/mol. The molecule has 0 aromatic heterocycles. The van der Waals surface area contributed by atoms with E-state index in [2.05, 4.69) is 42.7 Å². The molecule has 0 radical (unpaired) electrons. The molecule has 4 nitrogen and oxygen atoms in total. The number of likely N-dealkylation sites (tertiary alicyclic amines) is 1. The molecule has 1 heterocycles. The molecule has 1 aliphatic rings. The van der Waals surface area contributed by atoms with Crippen LogP contribution in [0, 0.1) is 0 Å². The Balaban J connectivity index is 2.37. The van der Waals surface area contributed by atoms with Crippen molar-refractivity contribution < 1.29 is 0 Å². The summed E-state index contributed by atoms with van der Waals surface area (Å²) >= 11 is 0. The number of likely N-dealkylation sites (N-methyl/N-ethyl adjacent to an activating group) is 1. The average Bonchev–Trinajstić information content (AvgIpc) is 2.88. The fraction of sp³-hybridized carbons (Fsp3) is 0.824. The van der Waals surface area contributed by atoms with Gasteiger partial charge in [-0.15, -0.1) is 6.58 Å². The van der Waals surface area contributed by atoms with Crippen LogP contribution in [-0.2, 0) is 0 Å². The van der Waals surface area contributed by atoms with Crippen molar-refractivity contribution in [3.05, 3.63) is 12.7 Å². The third-order valence-corrected chi connectivity index (χ3v) is 4.22. The lowest BCUT2D eigenvalue weighted by atomic mass is 10.2. The van der Waals surface area contributed by atoms with E-state index in [0.717, 1.165) is 32.0 Å². The Morgan fingerprint density at radius 1 is 1.43 bits per heavy atom. The van der Waals surface area contributed by atoms with Crippen LogP contribution in [0.25, 0.3) is 0 Å². The van der Waals surface area contributed by atoms with E-state index in [9.17, 15) is 0 Å². The first kappa shape index (κ1) is 18.0. The van der Waals surface area contributed by atoms with Gasteiger partial charge in [-0.05, 0) is 52.6 Å². The SMILES string of the molecule is C=CCCCCCN(C)C(=NCC1CCCN1C)NCC. The summed E-state index contributed by atoms with van der Waals surface area (Å²) in [6.07, 6.45) is 9.47. The van der Waals surface area contributed by atoms with E-state index in [-0.39, 0.29) is 0 Å². The Kier molecular flexibility index (Phi) is 9.15. The van der Waals surface area contributed by atoms with Crippen LogP contribution in [0.2, 0.25) is 0 Å². The van der Waals surface area contributed by atoms with Gasteiger partial charge < -0.3 is 15.1 Å². The minimum absolute atomic E-state index is 0.625. The van der Waals surface area contributed by atoms with Crippen LogP contribution in [0.15, 0.2) is 17.6 Å². The van der Waals surface area contributed by atoms with Gasteiger partial charge in [0.1, 0.15) is 0 Å². The van der Waals surface area contributed by atoms with Crippen molar-refractivity contribution in [3.8, 4) is 0 Å². The van der Waals surface area contributed by atoms with Crippen molar-refractivity contribution in [1.82, 2.24) is 15.1 Å². The van der Waals surface area contributed by atoms with Gasteiger partial charge in [0.25, 0.3) is 0 Å². The van der Waals surface area contributed by atoms with Crippen LogP contribution in [0.1, 0.15) is 45.4 Å². The maximum atomic E-state index is 4.83. The summed E-state index contributed by atoms with van der Waals surface area (Å²) in [5.74, 6) is 1.06. The minimum atomic E-state index is 0.625. The normalized spacial score (nSPS) is 19.8. The predicted molar refractivity (Wildman–Crippen MR) is 92.9 cm³/mol. The van der Waals surface area contributed by atoms with Crippen molar-refractivity contribution in [2.45, 2.75) is 51.5 Å². The molecule has 1 unspecified atom stereocenters. The van der Waals surface area contributed by atoms with Gasteiger partial charge in [0.2, 0.25) is 0 Å². The molecule has 0 saturated carbocycles. The maximum absolute atomic E-state index is 4.83. The third kappa shape index (κ3) is 6.98. The number of nitrogens with zero attached hydrogens (tertiary/aromatic N) is 3. The summed E-state index contributed by atoms with van der Waals surface area (Å²) in [6, 6.07) is 0.625. The van der Waals surface area contributed by atoms with E-state index in [0.29, 0.717) is 6.04 Å². The lowest BCUT2D eigenvalue weighted by Gasteiger charge is -2.23. The van der Waals surface area contributed by atoms with Crippen LogP contribution in [0.4, 0.5) is 0 Å². The molecular formula is C17H34N4. The molecule has 1 fully saturated rings. The number of hydrogen-bond donors (Lipinski definition) is 1. The summed E-state index contributed by atoms with van der Waals surface area (Å²) in [6.45, 7) is 10.0. The van der Waals surface area contributed by atoms with Crippen LogP contribution >= 0.6 is 0 Å². The summed E-state index contributed by atoms with van der Waals surface area (Å²) in [5, 5.41) is 3.41. The van der Waals surface area contributed by atoms with Crippen LogP contribution in [-0.4, -0.2) is 62.1 Å². The first-order chi connectivity index (χ1) is 10.2. The Morgan fingerprint density at radius 3 is 2.86 bits per heavy atom. The summed E-state index contributed by atoms with van der Waals surface area (Å²) in [4.78, 5) is 9.54. The first-order valence-electron chi connectivity index (χ1n) is 8.49. The summed E-state index contributed by atoms with van der Waals surface area (Å²) in [7, 11) is 4.36. The van der Waals surface area contributed by atoms with Gasteiger partial charge in [0.05, 0.1) is 6.54 Å². The molecule has 4 heteroatoms. The second-order valence-corrected chi connectivity index (χ2v) is 6.03. The number of unbranched alkanes of at least 4 members (excludes halogenated alkanes) is 3. The highest BCUT2D eigenvalue weighted by Crippen LogP contribution is 2.14. The summed E-state index contributed by atoms with van der Waals surface area (Å²) < 4.78 is 0. The van der Waals surface area contributed by atoms with Gasteiger partial charge in [0, 0.05) is 26.2 Å². The van der Waals surface area contributed by atoms with Gasteiger partial charge in [0.15, 0.2) is 5.96 Å². The largest absolute Gasteiger partial charge is 0.357 e. The lowest BCUT2D eigenvalue weighted by Crippen LogP contribution is -2.40. The van der Waals surface area contributed by atoms with E-state index in [1.165, 1.54) is 38.6 Å². The molecule has 0 amide bonds. The molecular weight excluding hydrogens is 260 g/mol. The van der Waals surface area contributed by atoms with E-state index in [1.807, 2.05) is 6.08 Å². The van der Waals surface area contributed by atoms with Crippen LogP contribution in [0.3, 0.4) is 0 Å². The zero-order valence-electron chi connectivity index (χ0n) is 14.3. The first-order valence-corrected chi connectivity index (χ1v) is 8.49. The number of nitrogens with one attached hydrogen (secondary N) is 1. The summed E-state index contributed by atoms with van der Waals surface area (Å²) in [5.41, 5.74) is 0. The number of guanidine groups is 1. The highest BCUT2D eigenvalue weighted by atomic mass is 15.3. The molecule has 0 bridgehead atoms. The topological polar surface area (TPSA) is 30.9 Å². The zero-order valence-corrected chi connectivity index (χ0v) is 14.3. The quantitative estimate of drug-likeness (QED) is 0.307. The van der Waals surface area contributed by atoms with Crippen LogP contribution in [0.5, 0.6) is 0 Å². The standard InChI is InChI=1S/C17H34N4/c1-5-7-8-9-10-13-21(4)17(18-6-2)19-15-16-12-11-14-20(16)3/h5,16H,1,6-15H2,2-4H3,(H,18,19). The van der Waals surface area contributed by atoms with E-state index in [1.54, 1.807) is 0 Å². The number of allylic oxidation sites excluding steroid dienone is 1. The van der Waals surface area contributed by atoms with Gasteiger partial charge >= 0.3 is 0 Å². The fourth-order valence-corrected chi connectivity index (χ4v) is 2.79. The second-order valence-electron chi connectivity index (χ2n) is 6.03. The van der Waals surface area contributed by atoms with E-state index >= 15 is 0 Å². The molecule has 0 aromatic carbocycles. The van der Waals surface area contributed by atoms with Gasteiger partial charge in [-0.2, -0.15) is 0 Å². The third-order valence-electron chi connectivity index (χ3n) is 4.22. The zero-order chi connectivity index (χ0) is 15.5.